The Kier molecular flexibility index (Phi) is 4.60. The van der Waals surface area contributed by atoms with Gasteiger partial charge in [-0.2, -0.15) is 10.2 Å². The number of hydrogen-bond acceptors (Lipinski definition) is 4. The number of likely N-dealkylation sites (N-methyl/N-ethyl adjacent to an activating group) is 1. The van der Waals surface area contributed by atoms with Gasteiger partial charge in [-0.3, -0.25) is 0 Å². The zero-order valence-electron chi connectivity index (χ0n) is 16.6. The zero-order valence-corrected chi connectivity index (χ0v) is 16.6. The first-order chi connectivity index (χ1) is 14.3. The van der Waals surface area contributed by atoms with Crippen molar-refractivity contribution in [3.05, 3.63) is 84.2 Å². The van der Waals surface area contributed by atoms with Crippen LogP contribution in [0.5, 0.6) is 0 Å². The number of azo groups is 1. The molecule has 0 N–H and O–H groups in total. The molecule has 4 nitrogen and oxygen atoms in total. The van der Waals surface area contributed by atoms with Gasteiger partial charge in [0.05, 0.1) is 17.6 Å². The molecule has 3 aromatic rings. The summed E-state index contributed by atoms with van der Waals surface area (Å²) in [5, 5.41) is 11.4. The number of rotatable bonds is 3. The molecule has 0 unspecified atom stereocenters. The van der Waals surface area contributed by atoms with Crippen molar-refractivity contribution in [1.82, 2.24) is 0 Å². The number of nitrogens with zero attached hydrogens (tertiary/aromatic N) is 4. The van der Waals surface area contributed by atoms with Crippen LogP contribution in [0.3, 0.4) is 0 Å². The first-order valence-corrected chi connectivity index (χ1v) is 10.2. The van der Waals surface area contributed by atoms with Crippen molar-refractivity contribution in [3.63, 3.8) is 0 Å². The van der Waals surface area contributed by atoms with E-state index in [0.29, 0.717) is 0 Å². The van der Waals surface area contributed by atoms with Crippen LogP contribution >= 0.6 is 0 Å². The maximum Gasteiger partial charge on any atom is 0.0936 e. The minimum absolute atomic E-state index is 0.906. The van der Waals surface area contributed by atoms with Gasteiger partial charge in [0, 0.05) is 42.3 Å². The Hall–Kier alpha value is -3.40. The molecule has 1 fully saturated rings. The van der Waals surface area contributed by atoms with E-state index in [2.05, 4.69) is 99.9 Å². The first-order valence-electron chi connectivity index (χ1n) is 10.2. The Bertz CT molecular complexity index is 1140. The summed E-state index contributed by atoms with van der Waals surface area (Å²) in [4.78, 5) is 4.62. The van der Waals surface area contributed by atoms with Gasteiger partial charge in [-0.1, -0.05) is 48.5 Å². The second kappa shape index (κ2) is 7.55. The highest BCUT2D eigenvalue weighted by molar-refractivity contribution is 6.01. The molecular formula is C25H24N4. The standard InChI is InChI=1S/C25H24N4/c1-28-20(13-12-19-8-2-5-11-24(19)28)18-26-27-23-14-15-25(29-16-6-7-17-29)22-10-4-3-9-21(22)23/h2-5,8-15,18H,6-7,16-17H2,1H3. The summed E-state index contributed by atoms with van der Waals surface area (Å²) in [6.45, 7) is 2.27. The third-order valence-corrected chi connectivity index (χ3v) is 5.80. The summed E-state index contributed by atoms with van der Waals surface area (Å²) >= 11 is 0. The fourth-order valence-electron chi connectivity index (χ4n) is 4.23. The molecule has 0 bridgehead atoms. The Morgan fingerprint density at radius 2 is 1.55 bits per heavy atom. The number of para-hydroxylation sites is 1. The number of anilines is 2. The van der Waals surface area contributed by atoms with E-state index in [-0.39, 0.29) is 0 Å². The number of allylic oxidation sites excluding steroid dienone is 1. The van der Waals surface area contributed by atoms with Crippen LogP contribution < -0.4 is 9.80 Å². The van der Waals surface area contributed by atoms with Gasteiger partial charge in [-0.15, -0.1) is 0 Å². The van der Waals surface area contributed by atoms with E-state index in [1.807, 2.05) is 6.20 Å². The predicted molar refractivity (Wildman–Crippen MR) is 122 cm³/mol. The largest absolute Gasteiger partial charge is 0.371 e. The fourth-order valence-corrected chi connectivity index (χ4v) is 4.23. The lowest BCUT2D eigenvalue weighted by Crippen LogP contribution is -2.18. The molecule has 0 aliphatic carbocycles. The molecule has 0 saturated carbocycles. The van der Waals surface area contributed by atoms with Crippen molar-refractivity contribution in [1.29, 1.82) is 0 Å². The van der Waals surface area contributed by atoms with Crippen molar-refractivity contribution in [2.24, 2.45) is 10.2 Å². The maximum absolute atomic E-state index is 4.56. The SMILES string of the molecule is CN1C(=CN=Nc2ccc(N3CCCC3)c3ccccc23)C=Cc2ccccc21. The lowest BCUT2D eigenvalue weighted by Gasteiger charge is -2.25. The second-order valence-electron chi connectivity index (χ2n) is 7.56. The van der Waals surface area contributed by atoms with Crippen LogP contribution in [-0.2, 0) is 0 Å². The van der Waals surface area contributed by atoms with Gasteiger partial charge in [0.25, 0.3) is 0 Å². The summed E-state index contributed by atoms with van der Waals surface area (Å²) in [6.07, 6.45) is 8.57. The molecule has 0 atom stereocenters. The monoisotopic (exact) mass is 380 g/mol. The smallest absolute Gasteiger partial charge is 0.0936 e. The fraction of sp³-hybridized carbons (Fsp3) is 0.200. The lowest BCUT2D eigenvalue weighted by atomic mass is 10.1. The first kappa shape index (κ1) is 17.7. The Morgan fingerprint density at radius 3 is 2.41 bits per heavy atom. The molecule has 0 spiro atoms. The summed E-state index contributed by atoms with van der Waals surface area (Å²) in [7, 11) is 2.06. The van der Waals surface area contributed by atoms with Crippen LogP contribution in [0.1, 0.15) is 18.4 Å². The molecule has 5 rings (SSSR count). The predicted octanol–water partition coefficient (Wildman–Crippen LogP) is 6.53. The van der Waals surface area contributed by atoms with E-state index in [1.54, 1.807) is 0 Å². The number of benzene rings is 3. The van der Waals surface area contributed by atoms with Crippen LogP contribution in [0.15, 0.2) is 88.9 Å². The van der Waals surface area contributed by atoms with E-state index in [9.17, 15) is 0 Å². The summed E-state index contributed by atoms with van der Waals surface area (Å²) in [5.41, 5.74) is 5.63. The second-order valence-corrected chi connectivity index (χ2v) is 7.56. The van der Waals surface area contributed by atoms with Crippen LogP contribution in [0.25, 0.3) is 16.8 Å². The van der Waals surface area contributed by atoms with Crippen LogP contribution in [0.4, 0.5) is 17.1 Å². The van der Waals surface area contributed by atoms with Gasteiger partial charge in [0.2, 0.25) is 0 Å². The van der Waals surface area contributed by atoms with Crippen LogP contribution in [-0.4, -0.2) is 20.1 Å². The molecule has 0 aromatic heterocycles. The molecule has 1 saturated heterocycles. The van der Waals surface area contributed by atoms with Gasteiger partial charge < -0.3 is 9.80 Å². The highest BCUT2D eigenvalue weighted by atomic mass is 15.2. The van der Waals surface area contributed by atoms with Gasteiger partial charge in [-0.25, -0.2) is 0 Å². The Labute approximate surface area is 171 Å². The highest BCUT2D eigenvalue weighted by Crippen LogP contribution is 2.35. The molecule has 0 amide bonds. The third-order valence-electron chi connectivity index (χ3n) is 5.80. The Morgan fingerprint density at radius 1 is 0.793 bits per heavy atom. The molecule has 29 heavy (non-hydrogen) atoms. The number of fused-ring (bicyclic) bond motifs is 2. The Balaban J connectivity index is 1.46. The molecule has 3 aromatic carbocycles. The molecular weight excluding hydrogens is 356 g/mol. The van der Waals surface area contributed by atoms with Gasteiger partial charge in [-0.05, 0) is 42.7 Å². The number of hydrogen-bond donors (Lipinski definition) is 0. The minimum atomic E-state index is 0.906. The topological polar surface area (TPSA) is 31.2 Å². The summed E-state index contributed by atoms with van der Waals surface area (Å²) < 4.78 is 0. The van der Waals surface area contributed by atoms with Crippen molar-refractivity contribution in [3.8, 4) is 0 Å². The van der Waals surface area contributed by atoms with Gasteiger partial charge in [0.15, 0.2) is 0 Å². The molecule has 2 heterocycles. The van der Waals surface area contributed by atoms with Crippen molar-refractivity contribution < 1.29 is 0 Å². The maximum atomic E-state index is 4.56. The average Bonchev–Trinajstić information content (AvgIpc) is 3.30. The zero-order chi connectivity index (χ0) is 19.6. The minimum Gasteiger partial charge on any atom is -0.371 e. The van der Waals surface area contributed by atoms with Crippen molar-refractivity contribution >= 4 is 33.9 Å². The normalized spacial score (nSPS) is 17.6. The molecule has 2 aliphatic heterocycles. The van der Waals surface area contributed by atoms with E-state index in [1.165, 1.54) is 35.2 Å². The third kappa shape index (κ3) is 3.31. The van der Waals surface area contributed by atoms with Crippen LogP contribution in [0, 0.1) is 0 Å². The van der Waals surface area contributed by atoms with Crippen molar-refractivity contribution in [2.45, 2.75) is 12.8 Å². The van der Waals surface area contributed by atoms with E-state index >= 15 is 0 Å². The molecule has 4 heteroatoms. The molecule has 0 radical (unpaired) electrons. The summed E-state index contributed by atoms with van der Waals surface area (Å²) in [5.74, 6) is 0. The lowest BCUT2D eigenvalue weighted by molar-refractivity contribution is 0.949. The van der Waals surface area contributed by atoms with Crippen molar-refractivity contribution in [2.75, 3.05) is 29.9 Å². The van der Waals surface area contributed by atoms with E-state index in [0.717, 1.165) is 29.9 Å². The van der Waals surface area contributed by atoms with Gasteiger partial charge >= 0.3 is 0 Å². The summed E-state index contributed by atoms with van der Waals surface area (Å²) in [6, 6.07) is 21.1. The van der Waals surface area contributed by atoms with Crippen LogP contribution in [0.2, 0.25) is 0 Å². The highest BCUT2D eigenvalue weighted by Gasteiger charge is 2.16. The average molecular weight is 380 g/mol. The van der Waals surface area contributed by atoms with Gasteiger partial charge in [0.1, 0.15) is 0 Å². The molecule has 144 valence electrons. The van der Waals surface area contributed by atoms with E-state index in [4.69, 9.17) is 0 Å². The molecule has 2 aliphatic rings. The van der Waals surface area contributed by atoms with E-state index < -0.39 is 0 Å². The quantitative estimate of drug-likeness (QED) is 0.484.